The number of primary amides is 1. The van der Waals surface area contributed by atoms with Crippen LogP contribution >= 0.6 is 0 Å². The fourth-order valence-corrected chi connectivity index (χ4v) is 3.65. The number of hydrogen-bond donors (Lipinski definition) is 3. The number of urea groups is 1. The highest BCUT2D eigenvalue weighted by Gasteiger charge is 2.36. The zero-order valence-electron chi connectivity index (χ0n) is 14.3. The maximum absolute atomic E-state index is 12.0. The first kappa shape index (κ1) is 17.4. The van der Waals surface area contributed by atoms with Crippen LogP contribution in [0.2, 0.25) is 0 Å². The first-order valence-corrected chi connectivity index (χ1v) is 8.79. The van der Waals surface area contributed by atoms with Gasteiger partial charge in [0.15, 0.2) is 11.5 Å². The molecule has 1 aliphatic carbocycles. The highest BCUT2D eigenvalue weighted by atomic mass is 16.6. The predicted molar refractivity (Wildman–Crippen MR) is 92.8 cm³/mol. The van der Waals surface area contributed by atoms with E-state index in [1.165, 1.54) is 5.56 Å². The fourth-order valence-electron chi connectivity index (χ4n) is 3.65. The van der Waals surface area contributed by atoms with E-state index in [2.05, 4.69) is 22.8 Å². The second kappa shape index (κ2) is 7.63. The average Bonchev–Trinajstić information content (AvgIpc) is 3.09. The molecule has 1 heterocycles. The summed E-state index contributed by atoms with van der Waals surface area (Å²) in [4.78, 5) is 22.7. The van der Waals surface area contributed by atoms with Crippen LogP contribution in [0, 0.1) is 0 Å². The lowest BCUT2D eigenvalue weighted by atomic mass is 9.78. The minimum Gasteiger partial charge on any atom is -0.486 e. The van der Waals surface area contributed by atoms with Crippen molar-refractivity contribution < 1.29 is 19.1 Å². The van der Waals surface area contributed by atoms with Gasteiger partial charge in [0.2, 0.25) is 5.91 Å². The normalized spacial score (nSPS) is 17.8. The first-order chi connectivity index (χ1) is 12.1. The van der Waals surface area contributed by atoms with E-state index in [-0.39, 0.29) is 24.3 Å². The average molecular weight is 347 g/mol. The Morgan fingerprint density at radius 2 is 1.80 bits per heavy atom. The summed E-state index contributed by atoms with van der Waals surface area (Å²) in [7, 11) is 0. The number of hydrogen-bond acceptors (Lipinski definition) is 4. The molecule has 0 radical (unpaired) electrons. The van der Waals surface area contributed by atoms with Gasteiger partial charge in [0.05, 0.1) is 0 Å². The Labute approximate surface area is 147 Å². The minimum atomic E-state index is -0.614. The van der Waals surface area contributed by atoms with Crippen molar-refractivity contribution in [3.8, 4) is 11.5 Å². The van der Waals surface area contributed by atoms with Crippen LogP contribution in [0.25, 0.3) is 0 Å². The lowest BCUT2D eigenvalue weighted by molar-refractivity contribution is -0.121. The van der Waals surface area contributed by atoms with Crippen LogP contribution in [-0.4, -0.2) is 38.2 Å². The van der Waals surface area contributed by atoms with Crippen LogP contribution < -0.4 is 25.8 Å². The number of ether oxygens (including phenoxy) is 2. The Bertz CT molecular complexity index is 641. The Morgan fingerprint density at radius 1 is 1.08 bits per heavy atom. The third-order valence-electron chi connectivity index (χ3n) is 4.99. The summed E-state index contributed by atoms with van der Waals surface area (Å²) in [5.74, 6) is 1.48. The predicted octanol–water partition coefficient (Wildman–Crippen LogP) is 1.44. The lowest BCUT2D eigenvalue weighted by Gasteiger charge is -2.31. The van der Waals surface area contributed by atoms with E-state index >= 15 is 0 Å². The van der Waals surface area contributed by atoms with Crippen molar-refractivity contribution in [3.05, 3.63) is 23.8 Å². The number of rotatable bonds is 6. The molecule has 0 bridgehead atoms. The van der Waals surface area contributed by atoms with E-state index < -0.39 is 6.03 Å². The van der Waals surface area contributed by atoms with Crippen LogP contribution in [0.5, 0.6) is 11.5 Å². The monoisotopic (exact) mass is 347 g/mol. The lowest BCUT2D eigenvalue weighted by Crippen LogP contribution is -2.40. The van der Waals surface area contributed by atoms with Crippen LogP contribution in [0.4, 0.5) is 4.79 Å². The van der Waals surface area contributed by atoms with Gasteiger partial charge in [-0.3, -0.25) is 4.79 Å². The third kappa shape index (κ3) is 4.15. The standard InChI is InChI=1S/C18H25N3O4/c19-17(23)20-8-5-16(22)21-12-18(6-1-2-7-18)13-3-4-14-15(11-13)25-10-9-24-14/h3-4,11H,1-2,5-10,12H2,(H,21,22)(H3,19,20,23). The quantitative estimate of drug-likeness (QED) is 0.724. The Morgan fingerprint density at radius 3 is 2.52 bits per heavy atom. The SMILES string of the molecule is NC(=O)NCCC(=O)NCC1(c2ccc3c(c2)OCCO3)CCCC1. The van der Waals surface area contributed by atoms with Gasteiger partial charge in [0, 0.05) is 24.9 Å². The molecule has 3 rings (SSSR count). The zero-order valence-corrected chi connectivity index (χ0v) is 14.3. The summed E-state index contributed by atoms with van der Waals surface area (Å²) < 4.78 is 11.3. The second-order valence-electron chi connectivity index (χ2n) is 6.66. The molecule has 1 aromatic carbocycles. The molecular formula is C18H25N3O4. The third-order valence-corrected chi connectivity index (χ3v) is 4.99. The number of nitrogens with two attached hydrogens (primary N) is 1. The van der Waals surface area contributed by atoms with Crippen LogP contribution in [0.3, 0.4) is 0 Å². The molecule has 136 valence electrons. The molecule has 0 spiro atoms. The smallest absolute Gasteiger partial charge is 0.312 e. The van der Waals surface area contributed by atoms with Gasteiger partial charge in [-0.1, -0.05) is 18.9 Å². The molecule has 0 saturated heterocycles. The van der Waals surface area contributed by atoms with Crippen molar-refractivity contribution >= 4 is 11.9 Å². The summed E-state index contributed by atoms with van der Waals surface area (Å²) in [5.41, 5.74) is 6.12. The van der Waals surface area contributed by atoms with Crippen molar-refractivity contribution in [1.29, 1.82) is 0 Å². The minimum absolute atomic E-state index is 0.0669. The number of amides is 3. The molecule has 7 nitrogen and oxygen atoms in total. The number of benzene rings is 1. The van der Waals surface area contributed by atoms with E-state index in [1.807, 2.05) is 6.07 Å². The molecule has 3 amide bonds. The van der Waals surface area contributed by atoms with E-state index in [0.717, 1.165) is 37.2 Å². The van der Waals surface area contributed by atoms with Crippen molar-refractivity contribution in [2.24, 2.45) is 5.73 Å². The molecule has 0 atom stereocenters. The Balaban J connectivity index is 1.65. The van der Waals surface area contributed by atoms with Crippen molar-refractivity contribution in [1.82, 2.24) is 10.6 Å². The maximum atomic E-state index is 12.0. The number of carbonyl (C=O) groups excluding carboxylic acids is 2. The molecule has 1 fully saturated rings. The van der Waals surface area contributed by atoms with Gasteiger partial charge in [-0.2, -0.15) is 0 Å². The fraction of sp³-hybridized carbons (Fsp3) is 0.556. The van der Waals surface area contributed by atoms with Gasteiger partial charge >= 0.3 is 6.03 Å². The van der Waals surface area contributed by atoms with Crippen LogP contribution in [0.1, 0.15) is 37.7 Å². The second-order valence-corrected chi connectivity index (χ2v) is 6.66. The molecular weight excluding hydrogens is 322 g/mol. The summed E-state index contributed by atoms with van der Waals surface area (Å²) in [6.45, 7) is 1.97. The molecule has 1 saturated carbocycles. The molecule has 2 aliphatic rings. The maximum Gasteiger partial charge on any atom is 0.312 e. The van der Waals surface area contributed by atoms with Gasteiger partial charge in [-0.05, 0) is 30.5 Å². The van der Waals surface area contributed by atoms with E-state index in [1.54, 1.807) is 0 Å². The highest BCUT2D eigenvalue weighted by Crippen LogP contribution is 2.43. The van der Waals surface area contributed by atoms with Gasteiger partial charge in [0.25, 0.3) is 0 Å². The molecule has 4 N–H and O–H groups in total. The largest absolute Gasteiger partial charge is 0.486 e. The summed E-state index contributed by atoms with van der Waals surface area (Å²) in [6.07, 6.45) is 4.58. The Kier molecular flexibility index (Phi) is 5.31. The van der Waals surface area contributed by atoms with Gasteiger partial charge in [-0.15, -0.1) is 0 Å². The van der Waals surface area contributed by atoms with Crippen LogP contribution in [0.15, 0.2) is 18.2 Å². The number of carbonyl (C=O) groups is 2. The summed E-state index contributed by atoms with van der Waals surface area (Å²) in [6, 6.07) is 5.49. The Hall–Kier alpha value is -2.44. The molecule has 1 aromatic rings. The van der Waals surface area contributed by atoms with Crippen molar-refractivity contribution in [2.45, 2.75) is 37.5 Å². The zero-order chi connectivity index (χ0) is 17.7. The summed E-state index contributed by atoms with van der Waals surface area (Å²) in [5, 5.41) is 5.44. The van der Waals surface area contributed by atoms with E-state index in [9.17, 15) is 9.59 Å². The summed E-state index contributed by atoms with van der Waals surface area (Å²) >= 11 is 0. The molecule has 1 aliphatic heterocycles. The van der Waals surface area contributed by atoms with Crippen molar-refractivity contribution in [3.63, 3.8) is 0 Å². The van der Waals surface area contributed by atoms with E-state index in [0.29, 0.717) is 19.8 Å². The number of nitrogens with one attached hydrogen (secondary N) is 2. The van der Waals surface area contributed by atoms with Crippen molar-refractivity contribution in [2.75, 3.05) is 26.3 Å². The molecule has 7 heteroatoms. The topological polar surface area (TPSA) is 103 Å². The van der Waals surface area contributed by atoms with Crippen LogP contribution in [-0.2, 0) is 10.2 Å². The van der Waals surface area contributed by atoms with Gasteiger partial charge in [-0.25, -0.2) is 4.79 Å². The molecule has 0 unspecified atom stereocenters. The first-order valence-electron chi connectivity index (χ1n) is 8.79. The molecule has 25 heavy (non-hydrogen) atoms. The van der Waals surface area contributed by atoms with Gasteiger partial charge < -0.3 is 25.8 Å². The van der Waals surface area contributed by atoms with Gasteiger partial charge in [0.1, 0.15) is 13.2 Å². The number of fused-ring (bicyclic) bond motifs is 1. The molecule has 0 aromatic heterocycles. The van der Waals surface area contributed by atoms with E-state index in [4.69, 9.17) is 15.2 Å². The highest BCUT2D eigenvalue weighted by molar-refractivity contribution is 5.77.